The van der Waals surface area contributed by atoms with E-state index in [1.807, 2.05) is 30.3 Å². The molecule has 0 aromatic heterocycles. The third-order valence-electron chi connectivity index (χ3n) is 2.07. The van der Waals surface area contributed by atoms with E-state index in [2.05, 4.69) is 5.32 Å². The fourth-order valence-electron chi connectivity index (χ4n) is 1.26. The van der Waals surface area contributed by atoms with E-state index in [0.29, 0.717) is 0 Å². The van der Waals surface area contributed by atoms with Crippen molar-refractivity contribution in [2.75, 3.05) is 6.54 Å². The summed E-state index contributed by atoms with van der Waals surface area (Å²) in [5, 5.41) is 10.6. The van der Waals surface area contributed by atoms with Crippen LogP contribution in [0.5, 0.6) is 0 Å². The number of carbonyl (C=O) groups excluding carboxylic acids is 1. The van der Waals surface area contributed by atoms with Crippen LogP contribution in [0.4, 0.5) is 0 Å². The molecule has 0 fully saturated rings. The molecular weight excluding hydrogens is 208 g/mol. The van der Waals surface area contributed by atoms with Gasteiger partial charge in [-0.1, -0.05) is 30.3 Å². The molecule has 86 valence electrons. The molecule has 16 heavy (non-hydrogen) atoms. The van der Waals surface area contributed by atoms with Gasteiger partial charge in [0.2, 0.25) is 5.91 Å². The summed E-state index contributed by atoms with van der Waals surface area (Å²) < 4.78 is 0. The summed E-state index contributed by atoms with van der Waals surface area (Å²) in [6, 6.07) is 8.79. The number of rotatable bonds is 5. The molecule has 0 saturated carbocycles. The van der Waals surface area contributed by atoms with Crippen LogP contribution in [0.1, 0.15) is 18.0 Å². The summed E-state index contributed by atoms with van der Waals surface area (Å²) in [4.78, 5) is 21.5. The van der Waals surface area contributed by atoms with Gasteiger partial charge in [-0.25, -0.2) is 0 Å². The Bertz CT molecular complexity index is 365. The van der Waals surface area contributed by atoms with Gasteiger partial charge in [0.1, 0.15) is 6.54 Å². The van der Waals surface area contributed by atoms with E-state index in [-0.39, 0.29) is 18.9 Å². The second-order valence-corrected chi connectivity index (χ2v) is 3.39. The van der Waals surface area contributed by atoms with Crippen molar-refractivity contribution in [1.82, 2.24) is 5.32 Å². The van der Waals surface area contributed by atoms with Gasteiger partial charge in [-0.3, -0.25) is 9.59 Å². The van der Waals surface area contributed by atoms with E-state index in [1.54, 1.807) is 0 Å². The molecule has 0 saturated heterocycles. The zero-order chi connectivity index (χ0) is 12.0. The molecule has 1 rings (SSSR count). The fraction of sp³-hybridized carbons (Fsp3) is 0.273. The smallest absolute Gasteiger partial charge is 0.322 e. The maximum absolute atomic E-state index is 11.3. The Labute approximate surface area is 93.3 Å². The van der Waals surface area contributed by atoms with Gasteiger partial charge in [0.05, 0.1) is 0 Å². The van der Waals surface area contributed by atoms with Crippen molar-refractivity contribution in [3.05, 3.63) is 35.9 Å². The number of carboxylic acid groups (broad SMARTS) is 1. The summed E-state index contributed by atoms with van der Waals surface area (Å²) in [6.45, 7) is -0.375. The van der Waals surface area contributed by atoms with Gasteiger partial charge >= 0.3 is 5.97 Å². The molecule has 5 heteroatoms. The average molecular weight is 222 g/mol. The number of hydrogen-bond donors (Lipinski definition) is 3. The van der Waals surface area contributed by atoms with Crippen molar-refractivity contribution < 1.29 is 14.7 Å². The standard InChI is InChI=1S/C11H14N2O3/c12-9(8-4-2-1-3-5-8)6-10(14)13-7-11(15)16/h1-5,9H,6-7,12H2,(H,13,14)(H,15,16). The first-order valence-electron chi connectivity index (χ1n) is 4.88. The quantitative estimate of drug-likeness (QED) is 0.667. The number of amides is 1. The first kappa shape index (κ1) is 12.2. The maximum atomic E-state index is 11.3. The van der Waals surface area contributed by atoms with Crippen LogP contribution in [0.2, 0.25) is 0 Å². The number of nitrogens with two attached hydrogens (primary N) is 1. The highest BCUT2D eigenvalue weighted by Gasteiger charge is 2.11. The minimum Gasteiger partial charge on any atom is -0.480 e. The number of nitrogens with one attached hydrogen (secondary N) is 1. The minimum absolute atomic E-state index is 0.0806. The van der Waals surface area contributed by atoms with E-state index in [4.69, 9.17) is 10.8 Å². The highest BCUT2D eigenvalue weighted by molar-refractivity contribution is 5.81. The Morgan fingerprint density at radius 2 is 1.94 bits per heavy atom. The lowest BCUT2D eigenvalue weighted by molar-refractivity contribution is -0.138. The first-order valence-corrected chi connectivity index (χ1v) is 4.88. The molecule has 1 aromatic rings. The third kappa shape index (κ3) is 4.10. The molecular formula is C11H14N2O3. The second-order valence-electron chi connectivity index (χ2n) is 3.39. The molecule has 0 bridgehead atoms. The first-order chi connectivity index (χ1) is 7.59. The van der Waals surface area contributed by atoms with E-state index in [1.165, 1.54) is 0 Å². The number of hydrogen-bond acceptors (Lipinski definition) is 3. The normalized spacial score (nSPS) is 11.8. The summed E-state index contributed by atoms with van der Waals surface area (Å²) in [5.74, 6) is -1.43. The average Bonchev–Trinajstić information content (AvgIpc) is 2.27. The predicted molar refractivity (Wildman–Crippen MR) is 58.6 cm³/mol. The van der Waals surface area contributed by atoms with Crippen molar-refractivity contribution in [3.8, 4) is 0 Å². The van der Waals surface area contributed by atoms with E-state index in [0.717, 1.165) is 5.56 Å². The van der Waals surface area contributed by atoms with Crippen LogP contribution in [0.25, 0.3) is 0 Å². The van der Waals surface area contributed by atoms with Gasteiger partial charge in [-0.15, -0.1) is 0 Å². The number of carboxylic acids is 1. The van der Waals surface area contributed by atoms with Crippen molar-refractivity contribution in [2.45, 2.75) is 12.5 Å². The van der Waals surface area contributed by atoms with E-state index < -0.39 is 12.0 Å². The van der Waals surface area contributed by atoms with Crippen LogP contribution >= 0.6 is 0 Å². The van der Waals surface area contributed by atoms with Gasteiger partial charge in [-0.05, 0) is 5.56 Å². The molecule has 0 spiro atoms. The van der Waals surface area contributed by atoms with Crippen LogP contribution in [0.3, 0.4) is 0 Å². The molecule has 0 aliphatic carbocycles. The van der Waals surface area contributed by atoms with Gasteiger partial charge in [-0.2, -0.15) is 0 Å². The summed E-state index contributed by atoms with van der Waals surface area (Å²) in [6.07, 6.45) is 0.0806. The van der Waals surface area contributed by atoms with Gasteiger partial charge in [0.15, 0.2) is 0 Å². The Morgan fingerprint density at radius 3 is 2.50 bits per heavy atom. The van der Waals surface area contributed by atoms with Gasteiger partial charge in [0.25, 0.3) is 0 Å². The largest absolute Gasteiger partial charge is 0.480 e. The minimum atomic E-state index is -1.07. The van der Waals surface area contributed by atoms with Crippen LogP contribution < -0.4 is 11.1 Å². The highest BCUT2D eigenvalue weighted by Crippen LogP contribution is 2.12. The number of aliphatic carboxylic acids is 1. The third-order valence-corrected chi connectivity index (χ3v) is 2.07. The molecule has 4 N–H and O–H groups in total. The van der Waals surface area contributed by atoms with Crippen LogP contribution in [0, 0.1) is 0 Å². The molecule has 1 amide bonds. The molecule has 1 unspecified atom stereocenters. The van der Waals surface area contributed by atoms with Crippen molar-refractivity contribution in [2.24, 2.45) is 5.73 Å². The zero-order valence-corrected chi connectivity index (χ0v) is 8.72. The van der Waals surface area contributed by atoms with Gasteiger partial charge < -0.3 is 16.2 Å². The lowest BCUT2D eigenvalue weighted by Crippen LogP contribution is -2.31. The van der Waals surface area contributed by atoms with Crippen LogP contribution in [0.15, 0.2) is 30.3 Å². The predicted octanol–water partition coefficient (Wildman–Crippen LogP) is 0.277. The summed E-state index contributed by atoms with van der Waals surface area (Å²) in [5.41, 5.74) is 6.65. The monoisotopic (exact) mass is 222 g/mol. The molecule has 0 radical (unpaired) electrons. The zero-order valence-electron chi connectivity index (χ0n) is 8.72. The summed E-state index contributed by atoms with van der Waals surface area (Å²) >= 11 is 0. The number of carbonyl (C=O) groups is 2. The fourth-order valence-corrected chi connectivity index (χ4v) is 1.26. The van der Waals surface area contributed by atoms with Crippen molar-refractivity contribution in [3.63, 3.8) is 0 Å². The van der Waals surface area contributed by atoms with Gasteiger partial charge in [0, 0.05) is 12.5 Å². The lowest BCUT2D eigenvalue weighted by atomic mass is 10.0. The summed E-state index contributed by atoms with van der Waals surface area (Å²) in [7, 11) is 0. The molecule has 0 heterocycles. The second kappa shape index (κ2) is 5.87. The molecule has 0 aliphatic rings. The van der Waals surface area contributed by atoms with Crippen molar-refractivity contribution in [1.29, 1.82) is 0 Å². The van der Waals surface area contributed by atoms with Crippen LogP contribution in [-0.2, 0) is 9.59 Å². The topological polar surface area (TPSA) is 92.4 Å². The maximum Gasteiger partial charge on any atom is 0.322 e. The lowest BCUT2D eigenvalue weighted by Gasteiger charge is -2.11. The molecule has 5 nitrogen and oxygen atoms in total. The number of benzene rings is 1. The SMILES string of the molecule is NC(CC(=O)NCC(=O)O)c1ccccc1. The van der Waals surface area contributed by atoms with Crippen LogP contribution in [-0.4, -0.2) is 23.5 Å². The molecule has 0 aliphatic heterocycles. The Hall–Kier alpha value is -1.88. The highest BCUT2D eigenvalue weighted by atomic mass is 16.4. The Kier molecular flexibility index (Phi) is 4.47. The molecule has 1 aromatic carbocycles. The molecule has 1 atom stereocenters. The van der Waals surface area contributed by atoms with E-state index >= 15 is 0 Å². The van der Waals surface area contributed by atoms with E-state index in [9.17, 15) is 9.59 Å². The Balaban J connectivity index is 2.43. The Morgan fingerprint density at radius 1 is 1.31 bits per heavy atom. The van der Waals surface area contributed by atoms with Crippen molar-refractivity contribution >= 4 is 11.9 Å².